The molecule has 2 aromatic heterocycles. The fourth-order valence-electron chi connectivity index (χ4n) is 4.13. The van der Waals surface area contributed by atoms with Crippen molar-refractivity contribution in [2.45, 2.75) is 20.1 Å². The van der Waals surface area contributed by atoms with Crippen molar-refractivity contribution in [3.8, 4) is 23.0 Å². The average molecular weight is 481 g/mol. The lowest BCUT2D eigenvalue weighted by molar-refractivity contribution is 0.0514. The Bertz CT molecular complexity index is 1340. The van der Waals surface area contributed by atoms with E-state index in [0.717, 1.165) is 27.4 Å². The molecule has 0 bridgehead atoms. The van der Waals surface area contributed by atoms with Gasteiger partial charge in [0.25, 0.3) is 0 Å². The minimum absolute atomic E-state index is 0.187. The summed E-state index contributed by atoms with van der Waals surface area (Å²) in [4.78, 5) is 20.3. The number of benzene rings is 2. The van der Waals surface area contributed by atoms with Gasteiger partial charge < -0.3 is 33.4 Å². The molecule has 2 aromatic carbocycles. The molecule has 0 fully saturated rings. The van der Waals surface area contributed by atoms with Gasteiger partial charge in [-0.15, -0.1) is 0 Å². The minimum Gasteiger partial charge on any atom is -0.493 e. The summed E-state index contributed by atoms with van der Waals surface area (Å²) in [5.74, 6) is 1.75. The number of esters is 1. The SMILES string of the molecule is CCOC(=O)c1ncc2[nH]c3cccc(OCc4cc(OC)c(OC)c(OC)c4)c3c2c1COC. The van der Waals surface area contributed by atoms with Crippen molar-refractivity contribution in [3.63, 3.8) is 0 Å². The van der Waals surface area contributed by atoms with Crippen LogP contribution in [0.1, 0.15) is 28.5 Å². The molecule has 4 rings (SSSR count). The fraction of sp³-hybridized carbons (Fsp3) is 0.308. The van der Waals surface area contributed by atoms with E-state index in [4.69, 9.17) is 28.4 Å². The first kappa shape index (κ1) is 24.2. The van der Waals surface area contributed by atoms with Crippen LogP contribution in [0.4, 0.5) is 0 Å². The van der Waals surface area contributed by atoms with E-state index in [9.17, 15) is 4.79 Å². The van der Waals surface area contributed by atoms with Crippen molar-refractivity contribution in [3.05, 3.63) is 53.3 Å². The zero-order valence-electron chi connectivity index (χ0n) is 20.4. The van der Waals surface area contributed by atoms with Gasteiger partial charge in [-0.25, -0.2) is 9.78 Å². The summed E-state index contributed by atoms with van der Waals surface area (Å²) in [7, 11) is 6.28. The van der Waals surface area contributed by atoms with E-state index in [1.54, 1.807) is 41.6 Å². The molecule has 184 valence electrons. The maximum Gasteiger partial charge on any atom is 0.357 e. The summed E-state index contributed by atoms with van der Waals surface area (Å²) in [6.07, 6.45) is 1.63. The molecule has 0 spiro atoms. The van der Waals surface area contributed by atoms with Crippen LogP contribution in [0.15, 0.2) is 36.5 Å². The highest BCUT2D eigenvalue weighted by Crippen LogP contribution is 2.40. The summed E-state index contributed by atoms with van der Waals surface area (Å²) in [5, 5.41) is 1.63. The Morgan fingerprint density at radius 1 is 0.914 bits per heavy atom. The molecule has 0 saturated carbocycles. The molecule has 0 unspecified atom stereocenters. The largest absolute Gasteiger partial charge is 0.493 e. The molecule has 35 heavy (non-hydrogen) atoms. The number of methoxy groups -OCH3 is 4. The number of H-pyrrole nitrogens is 1. The van der Waals surface area contributed by atoms with Crippen molar-refractivity contribution in [2.75, 3.05) is 35.0 Å². The van der Waals surface area contributed by atoms with Crippen LogP contribution in [-0.4, -0.2) is 51.0 Å². The summed E-state index contributed by atoms with van der Waals surface area (Å²) in [5.41, 5.74) is 3.31. The van der Waals surface area contributed by atoms with E-state index in [0.29, 0.717) is 28.6 Å². The zero-order valence-corrected chi connectivity index (χ0v) is 20.4. The first-order valence-corrected chi connectivity index (χ1v) is 11.1. The van der Waals surface area contributed by atoms with Crippen molar-refractivity contribution in [2.24, 2.45) is 0 Å². The van der Waals surface area contributed by atoms with Crippen LogP contribution in [0.2, 0.25) is 0 Å². The number of nitrogens with zero attached hydrogens (tertiary/aromatic N) is 1. The van der Waals surface area contributed by atoms with E-state index in [1.807, 2.05) is 30.3 Å². The van der Waals surface area contributed by atoms with E-state index in [2.05, 4.69) is 9.97 Å². The van der Waals surface area contributed by atoms with Crippen molar-refractivity contribution in [1.82, 2.24) is 9.97 Å². The molecule has 9 nitrogen and oxygen atoms in total. The Hall–Kier alpha value is -3.98. The van der Waals surface area contributed by atoms with Gasteiger partial charge in [0.1, 0.15) is 12.4 Å². The summed E-state index contributed by atoms with van der Waals surface area (Å²) >= 11 is 0. The van der Waals surface area contributed by atoms with Gasteiger partial charge in [-0.2, -0.15) is 0 Å². The molecule has 0 aliphatic carbocycles. The predicted octanol–water partition coefficient (Wildman–Crippen LogP) is 4.64. The summed E-state index contributed by atoms with van der Waals surface area (Å²) in [6.45, 7) is 2.44. The molecule has 0 aliphatic rings. The van der Waals surface area contributed by atoms with E-state index in [1.165, 1.54) is 0 Å². The standard InChI is InChI=1S/C26H28N2O7/c1-6-34-26(29)24-16(14-30-2)22-18(12-27-24)28-17-8-7-9-19(23(17)22)35-13-15-10-20(31-3)25(33-5)21(11-15)32-4/h7-12,28H,6,13-14H2,1-5H3. The number of hydrogen-bond donors (Lipinski definition) is 1. The highest BCUT2D eigenvalue weighted by atomic mass is 16.5. The summed E-state index contributed by atoms with van der Waals surface area (Å²) in [6, 6.07) is 9.42. The highest BCUT2D eigenvalue weighted by Gasteiger charge is 2.22. The van der Waals surface area contributed by atoms with Gasteiger partial charge in [-0.05, 0) is 36.8 Å². The number of hydrogen-bond acceptors (Lipinski definition) is 8. The van der Waals surface area contributed by atoms with Crippen LogP contribution in [0, 0.1) is 0 Å². The third-order valence-electron chi connectivity index (χ3n) is 5.60. The van der Waals surface area contributed by atoms with Crippen molar-refractivity contribution in [1.29, 1.82) is 0 Å². The molecule has 0 atom stereocenters. The van der Waals surface area contributed by atoms with Crippen LogP contribution in [0.3, 0.4) is 0 Å². The Balaban J connectivity index is 1.80. The quantitative estimate of drug-likeness (QED) is 0.328. The van der Waals surface area contributed by atoms with Gasteiger partial charge >= 0.3 is 5.97 Å². The normalized spacial score (nSPS) is 11.0. The molecule has 2 heterocycles. The molecule has 0 aliphatic heterocycles. The third kappa shape index (κ3) is 4.54. The molecule has 0 saturated heterocycles. The van der Waals surface area contributed by atoms with Crippen LogP contribution in [0.5, 0.6) is 23.0 Å². The van der Waals surface area contributed by atoms with Crippen LogP contribution < -0.4 is 18.9 Å². The molecular weight excluding hydrogens is 452 g/mol. The molecule has 9 heteroatoms. The van der Waals surface area contributed by atoms with E-state index < -0.39 is 5.97 Å². The molecule has 0 radical (unpaired) electrons. The second kappa shape index (κ2) is 10.5. The summed E-state index contributed by atoms with van der Waals surface area (Å²) < 4.78 is 33.2. The predicted molar refractivity (Wildman–Crippen MR) is 131 cm³/mol. The van der Waals surface area contributed by atoms with Gasteiger partial charge in [0.15, 0.2) is 17.2 Å². The lowest BCUT2D eigenvalue weighted by atomic mass is 10.0. The molecule has 0 amide bonds. The Labute approximate surface area is 202 Å². The average Bonchev–Trinajstić information content (AvgIpc) is 3.26. The van der Waals surface area contributed by atoms with Gasteiger partial charge in [0, 0.05) is 23.4 Å². The fourth-order valence-corrected chi connectivity index (χ4v) is 4.13. The first-order chi connectivity index (χ1) is 17.1. The second-order valence-electron chi connectivity index (χ2n) is 7.65. The number of rotatable bonds is 10. The Morgan fingerprint density at radius 3 is 2.29 bits per heavy atom. The van der Waals surface area contributed by atoms with Gasteiger partial charge in [0.2, 0.25) is 5.75 Å². The van der Waals surface area contributed by atoms with Gasteiger partial charge in [-0.3, -0.25) is 0 Å². The first-order valence-electron chi connectivity index (χ1n) is 11.1. The number of ether oxygens (including phenoxy) is 6. The topological polar surface area (TPSA) is 101 Å². The monoisotopic (exact) mass is 480 g/mol. The Morgan fingerprint density at radius 2 is 1.66 bits per heavy atom. The minimum atomic E-state index is -0.494. The van der Waals surface area contributed by atoms with Crippen LogP contribution >= 0.6 is 0 Å². The smallest absolute Gasteiger partial charge is 0.357 e. The molecule has 1 N–H and O–H groups in total. The maximum absolute atomic E-state index is 12.6. The number of aromatic nitrogens is 2. The van der Waals surface area contributed by atoms with E-state index in [-0.39, 0.29) is 25.5 Å². The Kier molecular flexibility index (Phi) is 7.26. The number of pyridine rings is 1. The number of nitrogens with one attached hydrogen (secondary N) is 1. The molecular formula is C26H28N2O7. The number of carbonyl (C=O) groups excluding carboxylic acids is 1. The lowest BCUT2D eigenvalue weighted by Crippen LogP contribution is -2.11. The van der Waals surface area contributed by atoms with Gasteiger partial charge in [-0.1, -0.05) is 6.07 Å². The van der Waals surface area contributed by atoms with Crippen molar-refractivity contribution < 1.29 is 33.2 Å². The second-order valence-corrected chi connectivity index (χ2v) is 7.65. The number of fused-ring (bicyclic) bond motifs is 3. The number of aromatic amines is 1. The maximum atomic E-state index is 12.6. The zero-order chi connectivity index (χ0) is 24.9. The van der Waals surface area contributed by atoms with E-state index >= 15 is 0 Å². The van der Waals surface area contributed by atoms with Crippen LogP contribution in [-0.2, 0) is 22.7 Å². The third-order valence-corrected chi connectivity index (χ3v) is 5.60. The lowest BCUT2D eigenvalue weighted by Gasteiger charge is -2.15. The highest BCUT2D eigenvalue weighted by molar-refractivity contribution is 6.13. The van der Waals surface area contributed by atoms with Gasteiger partial charge in [0.05, 0.1) is 51.8 Å². The van der Waals surface area contributed by atoms with Crippen molar-refractivity contribution >= 4 is 27.8 Å². The molecule has 4 aromatic rings. The number of carbonyl (C=O) groups is 1. The van der Waals surface area contributed by atoms with Crippen LogP contribution in [0.25, 0.3) is 21.8 Å².